The molecule has 0 saturated carbocycles. The smallest absolute Gasteiger partial charge is 0.254 e. The molecule has 0 aromatic carbocycles. The molecule has 0 N–H and O–H groups in total. The summed E-state index contributed by atoms with van der Waals surface area (Å²) in [5.74, 6) is -0.563. The van der Waals surface area contributed by atoms with Crippen LogP contribution < -0.4 is 0 Å². The zero-order valence-electron chi connectivity index (χ0n) is 4.84. The van der Waals surface area contributed by atoms with E-state index in [4.69, 9.17) is 11.6 Å². The predicted molar refractivity (Wildman–Crippen MR) is 34.4 cm³/mol. The van der Waals surface area contributed by atoms with Gasteiger partial charge in [-0.25, -0.2) is 4.39 Å². The summed E-state index contributed by atoms with van der Waals surface area (Å²) in [5, 5.41) is -0.702. The number of carbonyl (C=O) groups is 1. The maximum absolute atomic E-state index is 12.3. The number of rotatable bonds is 1. The summed E-state index contributed by atoms with van der Waals surface area (Å²) >= 11 is 5.03. The van der Waals surface area contributed by atoms with Gasteiger partial charge in [0.15, 0.2) is 0 Å². The first kappa shape index (κ1) is 7.15. The van der Waals surface area contributed by atoms with Gasteiger partial charge in [-0.3, -0.25) is 9.78 Å². The third-order valence-corrected chi connectivity index (χ3v) is 1.15. The molecule has 0 amide bonds. The van der Waals surface area contributed by atoms with Crippen molar-refractivity contribution in [3.05, 3.63) is 29.8 Å². The van der Waals surface area contributed by atoms with Gasteiger partial charge in [-0.05, 0) is 17.7 Å². The van der Waals surface area contributed by atoms with Crippen LogP contribution in [0.4, 0.5) is 4.39 Å². The molecule has 52 valence electrons. The number of pyridine rings is 1. The number of aromatic nitrogens is 1. The van der Waals surface area contributed by atoms with E-state index in [1.165, 1.54) is 6.20 Å². The van der Waals surface area contributed by atoms with Crippen molar-refractivity contribution >= 4 is 16.8 Å². The molecule has 1 aromatic rings. The fraction of sp³-hybridized carbons (Fsp3) is 0. The Bertz CT molecular complexity index is 264. The van der Waals surface area contributed by atoms with E-state index in [-0.39, 0.29) is 5.56 Å². The molecule has 0 bridgehead atoms. The second kappa shape index (κ2) is 2.75. The number of hydrogen-bond acceptors (Lipinski definition) is 2. The molecule has 0 spiro atoms. The van der Waals surface area contributed by atoms with Crippen LogP contribution in [0.25, 0.3) is 0 Å². The van der Waals surface area contributed by atoms with Crippen molar-refractivity contribution in [2.24, 2.45) is 0 Å². The summed E-state index contributed by atoms with van der Waals surface area (Å²) in [4.78, 5) is 13.8. The summed E-state index contributed by atoms with van der Waals surface area (Å²) in [6.45, 7) is 0. The summed E-state index contributed by atoms with van der Waals surface area (Å²) in [6, 6.07) is 1.03. The van der Waals surface area contributed by atoms with Crippen LogP contribution in [0.15, 0.2) is 18.5 Å². The van der Waals surface area contributed by atoms with Crippen LogP contribution in [-0.4, -0.2) is 10.2 Å². The lowest BCUT2D eigenvalue weighted by molar-refractivity contribution is 0.108. The molecule has 0 unspecified atom stereocenters. The van der Waals surface area contributed by atoms with Crippen molar-refractivity contribution in [1.29, 1.82) is 0 Å². The van der Waals surface area contributed by atoms with Crippen LogP contribution in [-0.2, 0) is 0 Å². The molecule has 0 aliphatic rings. The molecule has 0 aliphatic carbocycles. The molecule has 1 aromatic heterocycles. The second-order valence-corrected chi connectivity index (χ2v) is 2.01. The standard InChI is InChI=1S/C6H3ClFNO/c7-6(10)4-1-5(8)3-9-2-4/h1-3H. The van der Waals surface area contributed by atoms with E-state index < -0.39 is 11.1 Å². The van der Waals surface area contributed by atoms with Crippen molar-refractivity contribution < 1.29 is 9.18 Å². The SMILES string of the molecule is O=C(Cl)c1cncc(F)c1. The number of nitrogens with zero attached hydrogens (tertiary/aromatic N) is 1. The van der Waals surface area contributed by atoms with Gasteiger partial charge in [0.25, 0.3) is 5.24 Å². The van der Waals surface area contributed by atoms with Crippen molar-refractivity contribution in [3.63, 3.8) is 0 Å². The maximum atomic E-state index is 12.3. The molecule has 0 fully saturated rings. The molecule has 0 radical (unpaired) electrons. The van der Waals surface area contributed by atoms with Crippen LogP contribution in [0.5, 0.6) is 0 Å². The van der Waals surface area contributed by atoms with Gasteiger partial charge in [0, 0.05) is 6.20 Å². The summed E-state index contributed by atoms with van der Waals surface area (Å²) in [6.07, 6.45) is 2.21. The molecule has 4 heteroatoms. The molecular formula is C6H3ClFNO. The molecule has 0 aliphatic heterocycles. The van der Waals surface area contributed by atoms with Gasteiger partial charge in [0.1, 0.15) is 5.82 Å². The van der Waals surface area contributed by atoms with Crippen LogP contribution in [0.1, 0.15) is 10.4 Å². The Morgan fingerprint density at radius 3 is 2.70 bits per heavy atom. The third kappa shape index (κ3) is 1.51. The third-order valence-electron chi connectivity index (χ3n) is 0.932. The van der Waals surface area contributed by atoms with Crippen molar-refractivity contribution in [2.45, 2.75) is 0 Å². The zero-order valence-corrected chi connectivity index (χ0v) is 5.60. The largest absolute Gasteiger partial charge is 0.276 e. The van der Waals surface area contributed by atoms with Crippen molar-refractivity contribution in [2.75, 3.05) is 0 Å². The van der Waals surface area contributed by atoms with Gasteiger partial charge in [-0.1, -0.05) is 0 Å². The number of carbonyl (C=O) groups excluding carboxylic acids is 1. The molecule has 2 nitrogen and oxygen atoms in total. The molecular weight excluding hydrogens is 157 g/mol. The molecule has 0 atom stereocenters. The Morgan fingerprint density at radius 2 is 2.30 bits per heavy atom. The molecule has 0 saturated heterocycles. The van der Waals surface area contributed by atoms with Gasteiger partial charge >= 0.3 is 0 Å². The van der Waals surface area contributed by atoms with Gasteiger partial charge in [-0.15, -0.1) is 0 Å². The highest BCUT2D eigenvalue weighted by molar-refractivity contribution is 6.67. The highest BCUT2D eigenvalue weighted by Crippen LogP contribution is 2.03. The van der Waals surface area contributed by atoms with E-state index in [2.05, 4.69) is 4.98 Å². The Labute approximate surface area is 61.6 Å². The lowest BCUT2D eigenvalue weighted by Crippen LogP contribution is -1.90. The first-order chi connectivity index (χ1) is 4.70. The van der Waals surface area contributed by atoms with Gasteiger partial charge < -0.3 is 0 Å². The van der Waals surface area contributed by atoms with E-state index in [1.807, 2.05) is 0 Å². The highest BCUT2D eigenvalue weighted by atomic mass is 35.5. The minimum atomic E-state index is -0.702. The fourth-order valence-electron chi connectivity index (χ4n) is 0.519. The Morgan fingerprint density at radius 1 is 1.60 bits per heavy atom. The number of hydrogen-bond donors (Lipinski definition) is 0. The van der Waals surface area contributed by atoms with E-state index in [9.17, 15) is 9.18 Å². The first-order valence-electron chi connectivity index (χ1n) is 2.50. The first-order valence-corrected chi connectivity index (χ1v) is 2.88. The molecule has 1 heterocycles. The second-order valence-electron chi connectivity index (χ2n) is 1.67. The fourth-order valence-corrected chi connectivity index (χ4v) is 0.623. The van der Waals surface area contributed by atoms with E-state index in [1.54, 1.807) is 0 Å². The molecule has 1 rings (SSSR count). The van der Waals surface area contributed by atoms with Gasteiger partial charge in [-0.2, -0.15) is 0 Å². The quantitative estimate of drug-likeness (QED) is 0.583. The highest BCUT2D eigenvalue weighted by Gasteiger charge is 2.01. The minimum Gasteiger partial charge on any atom is -0.276 e. The average Bonchev–Trinajstić information content (AvgIpc) is 1.88. The van der Waals surface area contributed by atoms with Crippen LogP contribution >= 0.6 is 11.6 Å². The average molecular weight is 160 g/mol. The lowest BCUT2D eigenvalue weighted by Gasteiger charge is -1.89. The van der Waals surface area contributed by atoms with Gasteiger partial charge in [0.05, 0.1) is 11.8 Å². The number of halogens is 2. The Kier molecular flexibility index (Phi) is 1.97. The topological polar surface area (TPSA) is 30.0 Å². The summed E-state index contributed by atoms with van der Waals surface area (Å²) in [7, 11) is 0. The van der Waals surface area contributed by atoms with Crippen molar-refractivity contribution in [3.8, 4) is 0 Å². The monoisotopic (exact) mass is 159 g/mol. The van der Waals surface area contributed by atoms with Crippen molar-refractivity contribution in [1.82, 2.24) is 4.98 Å². The normalized spacial score (nSPS) is 9.40. The summed E-state index contributed by atoms with van der Waals surface area (Å²) in [5.41, 5.74) is 0.0710. The van der Waals surface area contributed by atoms with E-state index >= 15 is 0 Å². The van der Waals surface area contributed by atoms with Crippen LogP contribution in [0, 0.1) is 5.82 Å². The Balaban J connectivity index is 3.07. The summed E-state index contributed by atoms with van der Waals surface area (Å²) < 4.78 is 12.3. The minimum absolute atomic E-state index is 0.0710. The van der Waals surface area contributed by atoms with Crippen LogP contribution in [0.2, 0.25) is 0 Å². The van der Waals surface area contributed by atoms with E-state index in [0.29, 0.717) is 0 Å². The van der Waals surface area contributed by atoms with Gasteiger partial charge in [0.2, 0.25) is 0 Å². The predicted octanol–water partition coefficient (Wildman–Crippen LogP) is 1.60. The van der Waals surface area contributed by atoms with E-state index in [0.717, 1.165) is 12.3 Å². The maximum Gasteiger partial charge on any atom is 0.254 e. The molecule has 10 heavy (non-hydrogen) atoms. The Hall–Kier alpha value is -0.960. The zero-order chi connectivity index (χ0) is 7.56. The lowest BCUT2D eigenvalue weighted by atomic mass is 10.3. The van der Waals surface area contributed by atoms with Crippen LogP contribution in [0.3, 0.4) is 0 Å².